The third-order valence-corrected chi connectivity index (χ3v) is 4.22. The highest BCUT2D eigenvalue weighted by Gasteiger charge is 2.48. The molecule has 0 amide bonds. The fourth-order valence-corrected chi connectivity index (χ4v) is 3.25. The quantitative estimate of drug-likeness (QED) is 0.248. The fourth-order valence-electron chi connectivity index (χ4n) is 3.25. The van der Waals surface area contributed by atoms with Crippen LogP contribution in [-0.4, -0.2) is 50.0 Å². The van der Waals surface area contributed by atoms with Crippen molar-refractivity contribution in [3.05, 3.63) is 11.1 Å². The number of hydrogen-bond acceptors (Lipinski definition) is 6. The van der Waals surface area contributed by atoms with Gasteiger partial charge in [-0.05, 0) is 24.0 Å². The summed E-state index contributed by atoms with van der Waals surface area (Å²) in [4.78, 5) is 44.8. The largest absolute Gasteiger partial charge is 0.481 e. The smallest absolute Gasteiger partial charge is 0.307 e. The fraction of sp³-hybridized carbons (Fsp3) is 0.571. The van der Waals surface area contributed by atoms with Gasteiger partial charge in [-0.1, -0.05) is 0 Å². The molecule has 24 heavy (non-hydrogen) atoms. The van der Waals surface area contributed by atoms with Crippen molar-refractivity contribution in [3.8, 4) is 0 Å². The van der Waals surface area contributed by atoms with Crippen molar-refractivity contribution in [2.24, 2.45) is 16.9 Å². The molecule has 0 bridgehead atoms. The molecule has 10 heteroatoms. The van der Waals surface area contributed by atoms with Gasteiger partial charge in [0.25, 0.3) is 0 Å². The van der Waals surface area contributed by atoms with E-state index in [0.29, 0.717) is 0 Å². The molecule has 8 N–H and O–H groups in total. The van der Waals surface area contributed by atoms with Gasteiger partial charge in [-0.15, -0.1) is 0 Å². The first-order chi connectivity index (χ1) is 10.9. The van der Waals surface area contributed by atoms with Gasteiger partial charge in [0.2, 0.25) is 0 Å². The topological polar surface area (TPSA) is 201 Å². The van der Waals surface area contributed by atoms with Crippen molar-refractivity contribution in [2.45, 2.75) is 44.2 Å². The van der Waals surface area contributed by atoms with Crippen LogP contribution in [-0.2, 0) is 19.2 Å². The number of carboxylic acid groups (broad SMARTS) is 4. The Labute approximate surface area is 136 Å². The lowest BCUT2D eigenvalue weighted by Gasteiger charge is -2.45. The first kappa shape index (κ1) is 19.6. The Morgan fingerprint density at radius 1 is 0.750 bits per heavy atom. The summed E-state index contributed by atoms with van der Waals surface area (Å²) in [6.45, 7) is 0. The SMILES string of the molecule is NC1(N)CCC(CC(=O)O)(CC(=O)O)C(CC(=O)O)=C1CC(=O)O. The van der Waals surface area contributed by atoms with Crippen molar-refractivity contribution in [1.29, 1.82) is 0 Å². The molecule has 0 spiro atoms. The minimum absolute atomic E-state index is 0.0563. The van der Waals surface area contributed by atoms with Gasteiger partial charge in [-0.3, -0.25) is 19.2 Å². The molecule has 1 aliphatic rings. The molecule has 0 fully saturated rings. The van der Waals surface area contributed by atoms with Gasteiger partial charge < -0.3 is 31.9 Å². The van der Waals surface area contributed by atoms with E-state index in [2.05, 4.69) is 0 Å². The number of carboxylic acids is 4. The highest BCUT2D eigenvalue weighted by atomic mass is 16.4. The molecule has 0 heterocycles. The molecule has 0 aliphatic heterocycles. The number of carbonyl (C=O) groups is 4. The number of nitrogens with two attached hydrogens (primary N) is 2. The maximum atomic E-state index is 11.2. The Kier molecular flexibility index (Phi) is 5.69. The second-order valence-electron chi connectivity index (χ2n) is 6.06. The van der Waals surface area contributed by atoms with Crippen LogP contribution in [0.2, 0.25) is 0 Å². The van der Waals surface area contributed by atoms with E-state index in [1.54, 1.807) is 0 Å². The molecule has 0 aromatic rings. The highest BCUT2D eigenvalue weighted by molar-refractivity contribution is 5.78. The second-order valence-corrected chi connectivity index (χ2v) is 6.06. The molecule has 1 rings (SSSR count). The minimum atomic E-state index is -1.64. The molecule has 0 radical (unpaired) electrons. The Morgan fingerprint density at radius 2 is 1.17 bits per heavy atom. The molecule has 0 unspecified atom stereocenters. The number of aliphatic carboxylic acids is 4. The molecule has 0 saturated heterocycles. The predicted octanol–water partition coefficient (Wildman–Crippen LogP) is -0.424. The zero-order chi connectivity index (χ0) is 18.7. The summed E-state index contributed by atoms with van der Waals surface area (Å²) in [6.07, 6.45) is -2.83. The van der Waals surface area contributed by atoms with Crippen LogP contribution in [0.3, 0.4) is 0 Å². The summed E-state index contributed by atoms with van der Waals surface area (Å²) in [5.74, 6) is -5.33. The lowest BCUT2D eigenvalue weighted by molar-refractivity contribution is -0.145. The average Bonchev–Trinajstić information content (AvgIpc) is 2.36. The van der Waals surface area contributed by atoms with Gasteiger partial charge in [-0.25, -0.2) is 0 Å². The summed E-state index contributed by atoms with van der Waals surface area (Å²) >= 11 is 0. The van der Waals surface area contributed by atoms with Crippen LogP contribution in [0.25, 0.3) is 0 Å². The van der Waals surface area contributed by atoms with Crippen LogP contribution in [0, 0.1) is 5.41 Å². The van der Waals surface area contributed by atoms with Crippen molar-refractivity contribution >= 4 is 23.9 Å². The Bertz CT molecular complexity index is 592. The minimum Gasteiger partial charge on any atom is -0.481 e. The van der Waals surface area contributed by atoms with E-state index in [4.69, 9.17) is 31.9 Å². The van der Waals surface area contributed by atoms with Gasteiger partial charge in [0.1, 0.15) is 0 Å². The normalized spacial score (nSPS) is 18.9. The van der Waals surface area contributed by atoms with Crippen LogP contribution in [0.1, 0.15) is 38.5 Å². The molecule has 10 nitrogen and oxygen atoms in total. The van der Waals surface area contributed by atoms with E-state index >= 15 is 0 Å². The predicted molar refractivity (Wildman–Crippen MR) is 78.8 cm³/mol. The van der Waals surface area contributed by atoms with Crippen molar-refractivity contribution in [1.82, 2.24) is 0 Å². The van der Waals surface area contributed by atoms with Crippen LogP contribution < -0.4 is 11.5 Å². The van der Waals surface area contributed by atoms with E-state index in [0.717, 1.165) is 0 Å². The Balaban J connectivity index is 3.63. The highest BCUT2D eigenvalue weighted by Crippen LogP contribution is 2.50. The molecular weight excluding hydrogens is 324 g/mol. The summed E-state index contributed by atoms with van der Waals surface area (Å²) < 4.78 is 0. The first-order valence-electron chi connectivity index (χ1n) is 7.07. The number of rotatable bonds is 8. The zero-order valence-electron chi connectivity index (χ0n) is 12.8. The monoisotopic (exact) mass is 344 g/mol. The van der Waals surface area contributed by atoms with E-state index in [1.165, 1.54) is 0 Å². The van der Waals surface area contributed by atoms with E-state index in [9.17, 15) is 19.2 Å². The molecular formula is C14H20N2O8. The second kappa shape index (κ2) is 6.97. The summed E-state index contributed by atoms with van der Waals surface area (Å²) in [5, 5.41) is 36.5. The van der Waals surface area contributed by atoms with Gasteiger partial charge >= 0.3 is 23.9 Å². The summed E-state index contributed by atoms with van der Waals surface area (Å²) in [5.41, 5.74) is 8.37. The Hall–Kier alpha value is -2.46. The number of hydrogen-bond donors (Lipinski definition) is 6. The van der Waals surface area contributed by atoms with Gasteiger partial charge in [-0.2, -0.15) is 0 Å². The lowest BCUT2D eigenvalue weighted by Crippen LogP contribution is -2.56. The standard InChI is InChI=1S/C14H20N2O8/c15-14(16)2-1-13(5-11(21)22,6-12(23)24)7(3-9(17)18)8(14)4-10(19)20/h1-6,15-16H2,(H,17,18)(H,19,20)(H,21,22)(H,23,24). The van der Waals surface area contributed by atoms with Crippen molar-refractivity contribution in [3.63, 3.8) is 0 Å². The molecule has 0 saturated carbocycles. The maximum absolute atomic E-state index is 11.2. The maximum Gasteiger partial charge on any atom is 0.307 e. The summed E-state index contributed by atoms with van der Waals surface area (Å²) in [6, 6.07) is 0. The molecule has 1 aliphatic carbocycles. The van der Waals surface area contributed by atoms with E-state index < -0.39 is 60.6 Å². The van der Waals surface area contributed by atoms with E-state index in [-0.39, 0.29) is 24.0 Å². The van der Waals surface area contributed by atoms with E-state index in [1.807, 2.05) is 0 Å². The van der Waals surface area contributed by atoms with Crippen molar-refractivity contribution < 1.29 is 39.6 Å². The molecule has 0 aromatic carbocycles. The van der Waals surface area contributed by atoms with Crippen LogP contribution in [0.15, 0.2) is 11.1 Å². The van der Waals surface area contributed by atoms with Crippen molar-refractivity contribution in [2.75, 3.05) is 0 Å². The molecule has 0 aromatic heterocycles. The average molecular weight is 344 g/mol. The van der Waals surface area contributed by atoms with Crippen LogP contribution in [0.4, 0.5) is 0 Å². The van der Waals surface area contributed by atoms with Gasteiger partial charge in [0, 0.05) is 5.41 Å². The third kappa shape index (κ3) is 4.52. The van der Waals surface area contributed by atoms with Gasteiger partial charge in [0.05, 0.1) is 31.3 Å². The van der Waals surface area contributed by atoms with Gasteiger partial charge in [0.15, 0.2) is 0 Å². The van der Waals surface area contributed by atoms with Crippen LogP contribution >= 0.6 is 0 Å². The third-order valence-electron chi connectivity index (χ3n) is 4.22. The lowest BCUT2D eigenvalue weighted by atomic mass is 9.61. The Morgan fingerprint density at radius 3 is 1.54 bits per heavy atom. The van der Waals surface area contributed by atoms with Crippen LogP contribution in [0.5, 0.6) is 0 Å². The first-order valence-corrected chi connectivity index (χ1v) is 7.07. The zero-order valence-corrected chi connectivity index (χ0v) is 12.8. The molecule has 134 valence electrons. The summed E-state index contributed by atoms with van der Waals surface area (Å²) in [7, 11) is 0. The molecule has 0 atom stereocenters.